The summed E-state index contributed by atoms with van der Waals surface area (Å²) in [6.45, 7) is 1.38. The third kappa shape index (κ3) is 2.04. The average molecular weight is 308 g/mol. The maximum absolute atomic E-state index is 12.8. The fourth-order valence-electron chi connectivity index (χ4n) is 3.40. The lowest BCUT2D eigenvalue weighted by molar-refractivity contribution is 0.00159. The predicted octanol–water partition coefficient (Wildman–Crippen LogP) is 1.86. The molecule has 2 aliphatic rings. The molecule has 1 unspecified atom stereocenters. The minimum Gasteiger partial charge on any atom is -0.449 e. The van der Waals surface area contributed by atoms with Gasteiger partial charge < -0.3 is 15.8 Å². The maximum Gasteiger partial charge on any atom is 0.340 e. The summed E-state index contributed by atoms with van der Waals surface area (Å²) < 4.78 is 5.65. The third-order valence-corrected chi connectivity index (χ3v) is 4.58. The Bertz CT molecular complexity index is 806. The summed E-state index contributed by atoms with van der Waals surface area (Å²) in [5.41, 5.74) is 7.75. The molecule has 4 rings (SSSR count). The molecule has 2 aliphatic heterocycles. The molecular weight excluding hydrogens is 292 g/mol. The van der Waals surface area contributed by atoms with E-state index in [0.29, 0.717) is 28.9 Å². The van der Waals surface area contributed by atoms with E-state index in [1.54, 1.807) is 30.3 Å². The number of anilines is 1. The number of nitrogens with two attached hydrogens (primary N) is 1. The summed E-state index contributed by atoms with van der Waals surface area (Å²) in [4.78, 5) is 25.2. The van der Waals surface area contributed by atoms with Crippen LogP contribution in [-0.2, 0) is 10.3 Å². The molecule has 1 spiro atoms. The minimum absolute atomic E-state index is 0.193. The molecule has 1 atom stereocenters. The molecule has 116 valence electrons. The Morgan fingerprint density at radius 2 is 1.96 bits per heavy atom. The Kier molecular flexibility index (Phi) is 2.99. The topological polar surface area (TPSA) is 81.4 Å². The van der Waals surface area contributed by atoms with Gasteiger partial charge in [0.2, 0.25) is 0 Å². The maximum atomic E-state index is 12.8. The highest BCUT2D eigenvalue weighted by atomic mass is 16.6. The SMILES string of the molecule is Nc1ccc(C(=O)c2cccc3c2C(=O)OC32CCNC2)cc1. The fraction of sp³-hybridized carbons (Fsp3) is 0.222. The summed E-state index contributed by atoms with van der Waals surface area (Å²) in [6.07, 6.45) is 0.727. The molecule has 0 saturated carbocycles. The normalized spacial score (nSPS) is 22.2. The summed E-state index contributed by atoms with van der Waals surface area (Å²) in [5, 5.41) is 3.23. The van der Waals surface area contributed by atoms with E-state index in [1.807, 2.05) is 12.1 Å². The molecule has 2 aromatic rings. The molecule has 0 radical (unpaired) electrons. The number of carbonyl (C=O) groups excluding carboxylic acids is 2. The van der Waals surface area contributed by atoms with Crippen LogP contribution in [0.3, 0.4) is 0 Å². The highest BCUT2D eigenvalue weighted by molar-refractivity contribution is 6.15. The van der Waals surface area contributed by atoms with Crippen LogP contribution in [0.25, 0.3) is 0 Å². The van der Waals surface area contributed by atoms with E-state index in [1.165, 1.54) is 0 Å². The summed E-state index contributed by atoms with van der Waals surface area (Å²) >= 11 is 0. The first-order valence-corrected chi connectivity index (χ1v) is 7.58. The molecule has 5 heteroatoms. The second-order valence-electron chi connectivity index (χ2n) is 5.99. The van der Waals surface area contributed by atoms with Gasteiger partial charge in [0.05, 0.1) is 5.56 Å². The van der Waals surface area contributed by atoms with E-state index in [-0.39, 0.29) is 5.78 Å². The molecule has 0 bridgehead atoms. The summed E-state index contributed by atoms with van der Waals surface area (Å²) in [6, 6.07) is 12.1. The van der Waals surface area contributed by atoms with Crippen LogP contribution in [0.4, 0.5) is 5.69 Å². The van der Waals surface area contributed by atoms with Crippen molar-refractivity contribution in [1.29, 1.82) is 0 Å². The van der Waals surface area contributed by atoms with Gasteiger partial charge in [-0.3, -0.25) is 4.79 Å². The molecule has 3 N–H and O–H groups in total. The van der Waals surface area contributed by atoms with Crippen molar-refractivity contribution in [2.24, 2.45) is 0 Å². The first-order chi connectivity index (χ1) is 11.1. The Morgan fingerprint density at radius 3 is 2.65 bits per heavy atom. The van der Waals surface area contributed by atoms with Crippen molar-refractivity contribution < 1.29 is 14.3 Å². The third-order valence-electron chi connectivity index (χ3n) is 4.58. The van der Waals surface area contributed by atoms with E-state index in [9.17, 15) is 9.59 Å². The standard InChI is InChI=1S/C18H16N2O3/c19-12-6-4-11(5-7-12)16(21)13-2-1-3-14-15(13)17(22)23-18(14)8-9-20-10-18/h1-7,20H,8-10,19H2. The lowest BCUT2D eigenvalue weighted by atomic mass is 9.87. The van der Waals surface area contributed by atoms with Crippen LogP contribution >= 0.6 is 0 Å². The zero-order valence-electron chi connectivity index (χ0n) is 12.5. The van der Waals surface area contributed by atoms with Gasteiger partial charge in [-0.2, -0.15) is 0 Å². The molecule has 1 fully saturated rings. The number of nitrogens with one attached hydrogen (secondary N) is 1. The molecule has 1 saturated heterocycles. The van der Waals surface area contributed by atoms with Crippen molar-refractivity contribution in [3.8, 4) is 0 Å². The van der Waals surface area contributed by atoms with Gasteiger partial charge in [0.25, 0.3) is 0 Å². The van der Waals surface area contributed by atoms with Gasteiger partial charge in [0.1, 0.15) is 0 Å². The number of benzene rings is 2. The van der Waals surface area contributed by atoms with E-state index in [4.69, 9.17) is 10.5 Å². The van der Waals surface area contributed by atoms with Gasteiger partial charge in [0.15, 0.2) is 11.4 Å². The van der Waals surface area contributed by atoms with Crippen LogP contribution in [0.15, 0.2) is 42.5 Å². The Balaban J connectivity index is 1.82. The highest BCUT2D eigenvalue weighted by Gasteiger charge is 2.48. The second-order valence-corrected chi connectivity index (χ2v) is 5.99. The predicted molar refractivity (Wildman–Crippen MR) is 85.3 cm³/mol. The molecule has 0 aliphatic carbocycles. The van der Waals surface area contributed by atoms with Crippen molar-refractivity contribution in [2.45, 2.75) is 12.0 Å². The highest BCUT2D eigenvalue weighted by Crippen LogP contribution is 2.42. The van der Waals surface area contributed by atoms with E-state index in [0.717, 1.165) is 18.5 Å². The van der Waals surface area contributed by atoms with E-state index < -0.39 is 11.6 Å². The van der Waals surface area contributed by atoms with Crippen LogP contribution in [0, 0.1) is 0 Å². The second kappa shape index (κ2) is 4.93. The Morgan fingerprint density at radius 1 is 1.17 bits per heavy atom. The van der Waals surface area contributed by atoms with Crippen molar-refractivity contribution in [3.05, 3.63) is 64.7 Å². The van der Waals surface area contributed by atoms with Crippen LogP contribution in [0.2, 0.25) is 0 Å². The molecule has 2 heterocycles. The number of ether oxygens (including phenoxy) is 1. The largest absolute Gasteiger partial charge is 0.449 e. The first-order valence-electron chi connectivity index (χ1n) is 7.58. The molecular formula is C18H16N2O3. The number of nitrogen functional groups attached to an aromatic ring is 1. The molecule has 23 heavy (non-hydrogen) atoms. The smallest absolute Gasteiger partial charge is 0.340 e. The van der Waals surface area contributed by atoms with Crippen molar-refractivity contribution in [1.82, 2.24) is 5.32 Å². The van der Waals surface area contributed by atoms with E-state index in [2.05, 4.69) is 5.32 Å². The molecule has 0 amide bonds. The van der Waals surface area contributed by atoms with Gasteiger partial charge in [-0.25, -0.2) is 4.79 Å². The van der Waals surface area contributed by atoms with Crippen molar-refractivity contribution in [3.63, 3.8) is 0 Å². The monoisotopic (exact) mass is 308 g/mol. The van der Waals surface area contributed by atoms with Crippen LogP contribution in [0.1, 0.15) is 38.3 Å². The number of hydrogen-bond donors (Lipinski definition) is 2. The molecule has 5 nitrogen and oxygen atoms in total. The average Bonchev–Trinajstić information content (AvgIpc) is 3.14. The number of ketones is 1. The Hall–Kier alpha value is -2.66. The van der Waals surface area contributed by atoms with Gasteiger partial charge in [-0.1, -0.05) is 18.2 Å². The van der Waals surface area contributed by atoms with Gasteiger partial charge in [0, 0.05) is 35.3 Å². The minimum atomic E-state index is -0.621. The van der Waals surface area contributed by atoms with Crippen LogP contribution in [0.5, 0.6) is 0 Å². The zero-order chi connectivity index (χ0) is 16.0. The lowest BCUT2D eigenvalue weighted by Crippen LogP contribution is -2.28. The van der Waals surface area contributed by atoms with Crippen LogP contribution < -0.4 is 11.1 Å². The summed E-state index contributed by atoms with van der Waals surface area (Å²) in [7, 11) is 0. The summed E-state index contributed by atoms with van der Waals surface area (Å²) in [5.74, 6) is -0.607. The fourth-order valence-corrected chi connectivity index (χ4v) is 3.40. The number of esters is 1. The van der Waals surface area contributed by atoms with Gasteiger partial charge in [-0.05, 0) is 30.8 Å². The zero-order valence-corrected chi connectivity index (χ0v) is 12.5. The van der Waals surface area contributed by atoms with Crippen molar-refractivity contribution in [2.75, 3.05) is 18.8 Å². The van der Waals surface area contributed by atoms with Crippen molar-refractivity contribution >= 4 is 17.4 Å². The van der Waals surface area contributed by atoms with Gasteiger partial charge >= 0.3 is 5.97 Å². The van der Waals surface area contributed by atoms with E-state index >= 15 is 0 Å². The number of fused-ring (bicyclic) bond motifs is 2. The molecule has 2 aromatic carbocycles. The molecule has 0 aromatic heterocycles. The number of hydrogen-bond acceptors (Lipinski definition) is 5. The number of rotatable bonds is 2. The Labute approximate surface area is 133 Å². The number of carbonyl (C=O) groups is 2. The lowest BCUT2D eigenvalue weighted by Gasteiger charge is -2.21. The quantitative estimate of drug-likeness (QED) is 0.503. The van der Waals surface area contributed by atoms with Gasteiger partial charge in [-0.15, -0.1) is 0 Å². The first kappa shape index (κ1) is 14.0. The van der Waals surface area contributed by atoms with Crippen LogP contribution in [-0.4, -0.2) is 24.8 Å².